The molecule has 1 aliphatic carbocycles. The second-order valence-electron chi connectivity index (χ2n) is 5.90. The number of hydrogen-bond acceptors (Lipinski definition) is 2. The van der Waals surface area contributed by atoms with Gasteiger partial charge in [-0.25, -0.2) is 0 Å². The number of anilines is 1. The Bertz CT molecular complexity index is 465. The van der Waals surface area contributed by atoms with Crippen molar-refractivity contribution in [2.75, 3.05) is 25.5 Å². The van der Waals surface area contributed by atoms with Crippen LogP contribution in [-0.4, -0.2) is 20.6 Å². The normalized spacial score (nSPS) is 16.4. The third-order valence-corrected chi connectivity index (χ3v) is 4.21. The molecule has 2 rings (SSSR count). The van der Waals surface area contributed by atoms with Crippen molar-refractivity contribution in [1.82, 2.24) is 5.32 Å². The van der Waals surface area contributed by atoms with Gasteiger partial charge in [-0.05, 0) is 43.5 Å². The Kier molecular flexibility index (Phi) is 5.14. The topological polar surface area (TPSA) is 15.3 Å². The van der Waals surface area contributed by atoms with Gasteiger partial charge in [-0.15, -0.1) is 0 Å². The summed E-state index contributed by atoms with van der Waals surface area (Å²) in [6, 6.07) is 4.65. The first kappa shape index (κ1) is 16.1. The van der Waals surface area contributed by atoms with E-state index >= 15 is 0 Å². The van der Waals surface area contributed by atoms with E-state index in [9.17, 15) is 13.2 Å². The van der Waals surface area contributed by atoms with E-state index in [1.54, 1.807) is 19.2 Å². The Morgan fingerprint density at radius 1 is 1.24 bits per heavy atom. The van der Waals surface area contributed by atoms with E-state index in [-0.39, 0.29) is 6.54 Å². The van der Waals surface area contributed by atoms with Gasteiger partial charge in [0, 0.05) is 25.8 Å². The molecule has 21 heavy (non-hydrogen) atoms. The van der Waals surface area contributed by atoms with Crippen LogP contribution in [0.3, 0.4) is 0 Å². The first-order valence-electron chi connectivity index (χ1n) is 7.47. The molecule has 5 heteroatoms. The zero-order valence-corrected chi connectivity index (χ0v) is 12.6. The maximum atomic E-state index is 13.2. The maximum Gasteiger partial charge on any atom is 0.416 e. The maximum absolute atomic E-state index is 13.2. The van der Waals surface area contributed by atoms with Crippen LogP contribution < -0.4 is 10.2 Å². The fourth-order valence-electron chi connectivity index (χ4n) is 3.10. The Labute approximate surface area is 124 Å². The number of nitrogens with one attached hydrogen (secondary N) is 1. The molecule has 0 radical (unpaired) electrons. The van der Waals surface area contributed by atoms with Gasteiger partial charge >= 0.3 is 6.18 Å². The smallest absolute Gasteiger partial charge is 0.374 e. The molecule has 0 heterocycles. The number of alkyl halides is 3. The molecule has 2 nitrogen and oxygen atoms in total. The summed E-state index contributed by atoms with van der Waals surface area (Å²) in [5.41, 5.74) is 0.407. The van der Waals surface area contributed by atoms with E-state index in [1.165, 1.54) is 31.7 Å². The highest BCUT2D eigenvalue weighted by atomic mass is 19.4. The van der Waals surface area contributed by atoms with Crippen molar-refractivity contribution in [3.8, 4) is 0 Å². The lowest BCUT2D eigenvalue weighted by molar-refractivity contribution is -0.138. The van der Waals surface area contributed by atoms with Crippen LogP contribution in [0.5, 0.6) is 0 Å². The predicted octanol–water partition coefficient (Wildman–Crippen LogP) is 4.05. The second-order valence-corrected chi connectivity index (χ2v) is 5.90. The summed E-state index contributed by atoms with van der Waals surface area (Å²) >= 11 is 0. The Hall–Kier alpha value is -1.23. The van der Waals surface area contributed by atoms with E-state index in [0.29, 0.717) is 17.2 Å². The van der Waals surface area contributed by atoms with Crippen molar-refractivity contribution < 1.29 is 13.2 Å². The average molecular weight is 300 g/mol. The summed E-state index contributed by atoms with van der Waals surface area (Å²) in [4.78, 5) is 1.95. The molecule has 1 N–H and O–H groups in total. The van der Waals surface area contributed by atoms with Gasteiger partial charge < -0.3 is 10.2 Å². The average Bonchev–Trinajstić information content (AvgIpc) is 2.91. The number of nitrogens with zero attached hydrogens (tertiary/aromatic N) is 1. The van der Waals surface area contributed by atoms with Gasteiger partial charge in [0.05, 0.1) is 5.56 Å². The Balaban J connectivity index is 2.19. The summed E-state index contributed by atoms with van der Waals surface area (Å²) in [6.45, 7) is 1.06. The molecule has 0 unspecified atom stereocenters. The number of halogens is 3. The second kappa shape index (κ2) is 6.69. The first-order valence-corrected chi connectivity index (χ1v) is 7.47. The van der Waals surface area contributed by atoms with E-state index in [1.807, 2.05) is 11.9 Å². The lowest BCUT2D eigenvalue weighted by Gasteiger charge is -2.25. The van der Waals surface area contributed by atoms with Crippen LogP contribution in [0.2, 0.25) is 0 Å². The molecule has 118 valence electrons. The van der Waals surface area contributed by atoms with Crippen LogP contribution in [0.25, 0.3) is 0 Å². The minimum atomic E-state index is -4.31. The van der Waals surface area contributed by atoms with Crippen LogP contribution in [0.15, 0.2) is 18.2 Å². The van der Waals surface area contributed by atoms with Gasteiger partial charge in [0.1, 0.15) is 0 Å². The lowest BCUT2D eigenvalue weighted by atomic mass is 10.0. The zero-order chi connectivity index (χ0) is 15.5. The van der Waals surface area contributed by atoms with Crippen molar-refractivity contribution in [2.24, 2.45) is 5.92 Å². The number of benzene rings is 1. The summed E-state index contributed by atoms with van der Waals surface area (Å²) in [6.07, 6.45) is 0.555. The highest BCUT2D eigenvalue weighted by Crippen LogP contribution is 2.35. The monoisotopic (exact) mass is 300 g/mol. The Morgan fingerprint density at radius 3 is 2.48 bits per heavy atom. The van der Waals surface area contributed by atoms with E-state index in [2.05, 4.69) is 5.32 Å². The van der Waals surface area contributed by atoms with Crippen LogP contribution in [-0.2, 0) is 12.7 Å². The standard InChI is InChI=1S/C16H23F3N2/c1-20-10-13-7-8-14(9-15(13)16(17,18)19)21(2)11-12-5-3-4-6-12/h7-9,12,20H,3-6,10-11H2,1-2H3. The van der Waals surface area contributed by atoms with Crippen LogP contribution in [0.1, 0.15) is 36.8 Å². The zero-order valence-electron chi connectivity index (χ0n) is 12.6. The number of hydrogen-bond donors (Lipinski definition) is 1. The molecular weight excluding hydrogens is 277 g/mol. The fourth-order valence-corrected chi connectivity index (χ4v) is 3.10. The summed E-state index contributed by atoms with van der Waals surface area (Å²) in [7, 11) is 3.53. The van der Waals surface area contributed by atoms with Gasteiger partial charge in [0.2, 0.25) is 0 Å². The lowest BCUT2D eigenvalue weighted by Crippen LogP contribution is -2.25. The molecule has 1 aliphatic rings. The molecule has 1 aromatic rings. The van der Waals surface area contributed by atoms with Crippen LogP contribution in [0, 0.1) is 5.92 Å². The molecule has 0 aliphatic heterocycles. The minimum Gasteiger partial charge on any atom is -0.374 e. The molecule has 1 aromatic carbocycles. The van der Waals surface area contributed by atoms with Crippen molar-refractivity contribution in [1.29, 1.82) is 0 Å². The van der Waals surface area contributed by atoms with Crippen LogP contribution in [0.4, 0.5) is 18.9 Å². The van der Waals surface area contributed by atoms with Gasteiger partial charge in [0.15, 0.2) is 0 Å². The predicted molar refractivity (Wildman–Crippen MR) is 79.4 cm³/mol. The van der Waals surface area contributed by atoms with Crippen molar-refractivity contribution in [3.05, 3.63) is 29.3 Å². The summed E-state index contributed by atoms with van der Waals surface area (Å²) < 4.78 is 39.5. The largest absolute Gasteiger partial charge is 0.416 e. The number of rotatable bonds is 5. The van der Waals surface area contributed by atoms with Gasteiger partial charge in [-0.2, -0.15) is 13.2 Å². The molecule has 0 atom stereocenters. The molecule has 0 bridgehead atoms. The quantitative estimate of drug-likeness (QED) is 0.882. The Morgan fingerprint density at radius 2 is 1.90 bits per heavy atom. The molecular formula is C16H23F3N2. The molecule has 0 spiro atoms. The first-order chi connectivity index (χ1) is 9.91. The van der Waals surface area contributed by atoms with E-state index in [0.717, 1.165) is 6.54 Å². The van der Waals surface area contributed by atoms with E-state index in [4.69, 9.17) is 0 Å². The summed E-state index contributed by atoms with van der Waals surface area (Å²) in [5.74, 6) is 0.612. The molecule has 0 aromatic heterocycles. The van der Waals surface area contributed by atoms with Crippen molar-refractivity contribution in [3.63, 3.8) is 0 Å². The highest BCUT2D eigenvalue weighted by Gasteiger charge is 2.33. The van der Waals surface area contributed by atoms with Gasteiger partial charge in [-0.1, -0.05) is 18.9 Å². The molecule has 0 saturated heterocycles. The third kappa shape index (κ3) is 4.13. The molecule has 0 amide bonds. The van der Waals surface area contributed by atoms with E-state index < -0.39 is 11.7 Å². The summed E-state index contributed by atoms with van der Waals surface area (Å²) in [5, 5.41) is 2.79. The van der Waals surface area contributed by atoms with Gasteiger partial charge in [0.25, 0.3) is 0 Å². The van der Waals surface area contributed by atoms with Crippen LogP contribution >= 0.6 is 0 Å². The fraction of sp³-hybridized carbons (Fsp3) is 0.625. The minimum absolute atomic E-state index is 0.224. The molecule has 1 fully saturated rings. The highest BCUT2D eigenvalue weighted by molar-refractivity contribution is 5.51. The van der Waals surface area contributed by atoms with Gasteiger partial charge in [-0.3, -0.25) is 0 Å². The third-order valence-electron chi connectivity index (χ3n) is 4.21. The molecule has 1 saturated carbocycles. The van der Waals surface area contributed by atoms with Crippen molar-refractivity contribution >= 4 is 5.69 Å². The SMILES string of the molecule is CNCc1ccc(N(C)CC2CCCC2)cc1C(F)(F)F. The van der Waals surface area contributed by atoms with Crippen molar-refractivity contribution in [2.45, 2.75) is 38.4 Å².